The molecule has 6 nitrogen and oxygen atoms in total. The van der Waals surface area contributed by atoms with Crippen LogP contribution in [0.2, 0.25) is 0 Å². The maximum atomic E-state index is 12.7. The predicted molar refractivity (Wildman–Crippen MR) is 219 cm³/mol. The first-order valence-electron chi connectivity index (χ1n) is 22.0. The van der Waals surface area contributed by atoms with E-state index in [-0.39, 0.29) is 31.1 Å². The van der Waals surface area contributed by atoms with E-state index >= 15 is 0 Å². The van der Waals surface area contributed by atoms with Gasteiger partial charge in [0.25, 0.3) is 0 Å². The van der Waals surface area contributed by atoms with Gasteiger partial charge in [0.15, 0.2) is 6.10 Å². The van der Waals surface area contributed by atoms with Crippen molar-refractivity contribution in [3.8, 4) is 0 Å². The Morgan fingerprint density at radius 1 is 0.365 bits per heavy atom. The average Bonchev–Trinajstić information content (AvgIpc) is 3.14. The van der Waals surface area contributed by atoms with Gasteiger partial charge in [0, 0.05) is 19.3 Å². The smallest absolute Gasteiger partial charge is 0.306 e. The molecule has 0 N–H and O–H groups in total. The number of hydrogen-bond donors (Lipinski definition) is 0. The molecular weight excluding hydrogens is 648 g/mol. The molecule has 52 heavy (non-hydrogen) atoms. The second-order valence-electron chi connectivity index (χ2n) is 14.6. The van der Waals surface area contributed by atoms with Crippen LogP contribution in [0.4, 0.5) is 0 Å². The molecule has 6 heteroatoms. The van der Waals surface area contributed by atoms with Gasteiger partial charge in [-0.05, 0) is 83.5 Å². The molecule has 0 aliphatic rings. The van der Waals surface area contributed by atoms with Crippen LogP contribution in [-0.4, -0.2) is 37.2 Å². The summed E-state index contributed by atoms with van der Waals surface area (Å²) in [4.78, 5) is 37.6. The largest absolute Gasteiger partial charge is 0.462 e. The van der Waals surface area contributed by atoms with Crippen molar-refractivity contribution in [3.63, 3.8) is 0 Å². The first-order valence-corrected chi connectivity index (χ1v) is 22.0. The van der Waals surface area contributed by atoms with E-state index in [2.05, 4.69) is 57.2 Å². The molecule has 0 heterocycles. The second-order valence-corrected chi connectivity index (χ2v) is 14.6. The van der Waals surface area contributed by atoms with Gasteiger partial charge >= 0.3 is 17.9 Å². The minimum atomic E-state index is -0.781. The number of carbonyl (C=O) groups excluding carboxylic acids is 3. The van der Waals surface area contributed by atoms with Crippen LogP contribution in [0.25, 0.3) is 0 Å². The molecular formula is C46H82O6. The Hall–Kier alpha value is -2.37. The second kappa shape index (κ2) is 41.4. The number of ether oxygens (including phenoxy) is 3. The molecule has 0 aromatic carbocycles. The first-order chi connectivity index (χ1) is 25.5. The predicted octanol–water partition coefficient (Wildman–Crippen LogP) is 13.8. The van der Waals surface area contributed by atoms with E-state index in [9.17, 15) is 14.4 Å². The molecule has 0 fully saturated rings. The van der Waals surface area contributed by atoms with Crippen molar-refractivity contribution >= 4 is 17.9 Å². The van der Waals surface area contributed by atoms with E-state index in [4.69, 9.17) is 14.2 Å². The summed E-state index contributed by atoms with van der Waals surface area (Å²) in [7, 11) is 0. The Labute approximate surface area is 321 Å². The minimum Gasteiger partial charge on any atom is -0.462 e. The van der Waals surface area contributed by atoms with Gasteiger partial charge in [0.1, 0.15) is 13.2 Å². The summed E-state index contributed by atoms with van der Waals surface area (Å²) in [6, 6.07) is 0. The van der Waals surface area contributed by atoms with Gasteiger partial charge in [0.05, 0.1) is 0 Å². The number of hydrogen-bond acceptors (Lipinski definition) is 6. The van der Waals surface area contributed by atoms with E-state index in [0.717, 1.165) is 103 Å². The molecule has 1 unspecified atom stereocenters. The van der Waals surface area contributed by atoms with Gasteiger partial charge in [-0.15, -0.1) is 0 Å². The molecule has 302 valence electrons. The van der Waals surface area contributed by atoms with Crippen LogP contribution in [0.15, 0.2) is 36.5 Å². The number of esters is 3. The SMILES string of the molecule is CCCC/C=C\CCCCCCCC(=O)OC(COC(=O)CCCCC/C=C\CCCCCCCC)COC(=O)CCCCCC/C=C\CCCC. The van der Waals surface area contributed by atoms with E-state index in [1.807, 2.05) is 0 Å². The van der Waals surface area contributed by atoms with Crippen LogP contribution in [0.1, 0.15) is 220 Å². The van der Waals surface area contributed by atoms with Gasteiger partial charge < -0.3 is 14.2 Å². The van der Waals surface area contributed by atoms with Gasteiger partial charge in [0.2, 0.25) is 0 Å². The standard InChI is InChI=1S/C46H82O6/c1-4-7-10-13-16-19-22-23-25-27-30-33-36-39-45(48)51-42-43(41-50-44(47)38-35-32-29-26-21-18-15-12-9-6-3)52-46(49)40-37-34-31-28-24-20-17-14-11-8-5-2/h14-15,17-18,23,25,43H,4-13,16,19-22,24,26-42H2,1-3H3/b17-14-,18-15-,25-23-. The number of rotatable bonds is 39. The summed E-state index contributed by atoms with van der Waals surface area (Å²) in [6.45, 7) is 6.50. The molecule has 0 bridgehead atoms. The minimum absolute atomic E-state index is 0.0861. The van der Waals surface area contributed by atoms with Crippen LogP contribution in [0, 0.1) is 0 Å². The Morgan fingerprint density at radius 2 is 0.654 bits per heavy atom. The molecule has 0 saturated carbocycles. The van der Waals surface area contributed by atoms with Crippen LogP contribution in [0.3, 0.4) is 0 Å². The molecule has 1 atom stereocenters. The van der Waals surface area contributed by atoms with Crippen molar-refractivity contribution in [1.29, 1.82) is 0 Å². The maximum absolute atomic E-state index is 12.7. The van der Waals surface area contributed by atoms with Gasteiger partial charge in [-0.25, -0.2) is 0 Å². The fourth-order valence-corrected chi connectivity index (χ4v) is 5.93. The molecule has 0 aromatic heterocycles. The van der Waals surface area contributed by atoms with E-state index in [1.54, 1.807) is 0 Å². The third kappa shape index (κ3) is 38.9. The summed E-state index contributed by atoms with van der Waals surface area (Å²) in [5.74, 6) is -0.927. The highest BCUT2D eigenvalue weighted by molar-refractivity contribution is 5.71. The highest BCUT2D eigenvalue weighted by atomic mass is 16.6. The van der Waals surface area contributed by atoms with Crippen LogP contribution >= 0.6 is 0 Å². The summed E-state index contributed by atoms with van der Waals surface area (Å²) in [6.07, 6.45) is 45.5. The summed E-state index contributed by atoms with van der Waals surface area (Å²) in [5, 5.41) is 0. The zero-order valence-electron chi connectivity index (χ0n) is 34.3. The van der Waals surface area contributed by atoms with Crippen LogP contribution < -0.4 is 0 Å². The Morgan fingerprint density at radius 3 is 1.04 bits per heavy atom. The summed E-state index contributed by atoms with van der Waals surface area (Å²) in [5.41, 5.74) is 0. The molecule has 0 saturated heterocycles. The van der Waals surface area contributed by atoms with Crippen molar-refractivity contribution in [3.05, 3.63) is 36.5 Å². The van der Waals surface area contributed by atoms with Crippen molar-refractivity contribution in [2.45, 2.75) is 226 Å². The monoisotopic (exact) mass is 731 g/mol. The number of unbranched alkanes of at least 4 members (excludes halogenated alkanes) is 22. The Balaban J connectivity index is 4.41. The lowest BCUT2D eigenvalue weighted by atomic mass is 10.1. The van der Waals surface area contributed by atoms with Crippen LogP contribution in [0.5, 0.6) is 0 Å². The van der Waals surface area contributed by atoms with Gasteiger partial charge in [-0.2, -0.15) is 0 Å². The zero-order chi connectivity index (χ0) is 38.0. The molecule has 0 spiro atoms. The third-order valence-corrected chi connectivity index (χ3v) is 9.34. The first kappa shape index (κ1) is 49.6. The third-order valence-electron chi connectivity index (χ3n) is 9.34. The van der Waals surface area contributed by atoms with E-state index in [0.29, 0.717) is 19.3 Å². The molecule has 0 amide bonds. The molecule has 0 aliphatic heterocycles. The van der Waals surface area contributed by atoms with Crippen molar-refractivity contribution in [1.82, 2.24) is 0 Å². The van der Waals surface area contributed by atoms with Gasteiger partial charge in [-0.1, -0.05) is 154 Å². The highest BCUT2D eigenvalue weighted by Gasteiger charge is 2.19. The molecule has 0 radical (unpaired) electrons. The number of allylic oxidation sites excluding steroid dienone is 6. The highest BCUT2D eigenvalue weighted by Crippen LogP contribution is 2.13. The molecule has 0 rings (SSSR count). The lowest BCUT2D eigenvalue weighted by molar-refractivity contribution is -0.167. The normalized spacial score (nSPS) is 12.3. The Bertz CT molecular complexity index is 891. The zero-order valence-corrected chi connectivity index (χ0v) is 34.3. The summed E-state index contributed by atoms with van der Waals surface area (Å²) < 4.78 is 16.6. The fourth-order valence-electron chi connectivity index (χ4n) is 5.93. The quantitative estimate of drug-likeness (QED) is 0.0271. The van der Waals surface area contributed by atoms with E-state index in [1.165, 1.54) is 77.0 Å². The lowest BCUT2D eigenvalue weighted by Gasteiger charge is -2.18. The van der Waals surface area contributed by atoms with Gasteiger partial charge in [-0.3, -0.25) is 14.4 Å². The average molecular weight is 731 g/mol. The van der Waals surface area contributed by atoms with Crippen molar-refractivity contribution < 1.29 is 28.6 Å². The fraction of sp³-hybridized carbons (Fsp3) is 0.804. The summed E-state index contributed by atoms with van der Waals surface area (Å²) >= 11 is 0. The van der Waals surface area contributed by atoms with Crippen LogP contribution in [-0.2, 0) is 28.6 Å². The van der Waals surface area contributed by atoms with Crippen molar-refractivity contribution in [2.75, 3.05) is 13.2 Å². The van der Waals surface area contributed by atoms with E-state index < -0.39 is 6.10 Å². The molecule has 0 aromatic rings. The molecule has 0 aliphatic carbocycles. The number of carbonyl (C=O) groups is 3. The maximum Gasteiger partial charge on any atom is 0.306 e. The topological polar surface area (TPSA) is 78.9 Å². The Kier molecular flexibility index (Phi) is 39.5. The lowest BCUT2D eigenvalue weighted by Crippen LogP contribution is -2.30. The van der Waals surface area contributed by atoms with Crippen molar-refractivity contribution in [2.24, 2.45) is 0 Å².